The van der Waals surface area contributed by atoms with Crippen molar-refractivity contribution < 1.29 is 14.3 Å². The summed E-state index contributed by atoms with van der Waals surface area (Å²) in [7, 11) is 0. The van der Waals surface area contributed by atoms with E-state index in [1.165, 1.54) is 0 Å². The molecule has 0 saturated carbocycles. The first-order valence-corrected chi connectivity index (χ1v) is 6.73. The molecule has 3 nitrogen and oxygen atoms in total. The SMILES string of the molecule is CC(CC(=O)OCCOC(C)(C)C)c1ccccc1. The summed E-state index contributed by atoms with van der Waals surface area (Å²) in [5.74, 6) is 0.00565. The minimum atomic E-state index is -0.191. The quantitative estimate of drug-likeness (QED) is 0.582. The summed E-state index contributed by atoms with van der Waals surface area (Å²) in [6.07, 6.45) is 0.402. The van der Waals surface area contributed by atoms with Gasteiger partial charge in [0.2, 0.25) is 0 Å². The molecule has 0 aliphatic rings. The van der Waals surface area contributed by atoms with Gasteiger partial charge in [0.25, 0.3) is 0 Å². The zero-order valence-corrected chi connectivity index (χ0v) is 12.3. The third-order valence-electron chi connectivity index (χ3n) is 2.72. The largest absolute Gasteiger partial charge is 0.463 e. The lowest BCUT2D eigenvalue weighted by atomic mass is 9.98. The third-order valence-corrected chi connectivity index (χ3v) is 2.72. The average molecular weight is 264 g/mol. The van der Waals surface area contributed by atoms with Crippen LogP contribution in [0.4, 0.5) is 0 Å². The minimum Gasteiger partial charge on any atom is -0.463 e. The predicted molar refractivity (Wildman–Crippen MR) is 76.1 cm³/mol. The van der Waals surface area contributed by atoms with Gasteiger partial charge in [0, 0.05) is 0 Å². The van der Waals surface area contributed by atoms with Crippen LogP contribution < -0.4 is 0 Å². The minimum absolute atomic E-state index is 0.172. The first-order valence-electron chi connectivity index (χ1n) is 6.73. The van der Waals surface area contributed by atoms with Crippen LogP contribution >= 0.6 is 0 Å². The highest BCUT2D eigenvalue weighted by atomic mass is 16.6. The van der Waals surface area contributed by atoms with Crippen molar-refractivity contribution in [1.82, 2.24) is 0 Å². The van der Waals surface area contributed by atoms with Crippen molar-refractivity contribution in [3.8, 4) is 0 Å². The number of carbonyl (C=O) groups is 1. The highest BCUT2D eigenvalue weighted by Crippen LogP contribution is 2.18. The van der Waals surface area contributed by atoms with Crippen molar-refractivity contribution in [2.75, 3.05) is 13.2 Å². The second-order valence-electron chi connectivity index (χ2n) is 5.70. The van der Waals surface area contributed by atoms with E-state index in [1.54, 1.807) is 0 Å². The van der Waals surface area contributed by atoms with E-state index >= 15 is 0 Å². The monoisotopic (exact) mass is 264 g/mol. The van der Waals surface area contributed by atoms with Crippen LogP contribution in [0.3, 0.4) is 0 Å². The first-order chi connectivity index (χ1) is 8.88. The first kappa shape index (κ1) is 15.7. The summed E-state index contributed by atoms with van der Waals surface area (Å²) in [4.78, 5) is 11.7. The fourth-order valence-corrected chi connectivity index (χ4v) is 1.71. The lowest BCUT2D eigenvalue weighted by Crippen LogP contribution is -2.22. The molecular weight excluding hydrogens is 240 g/mol. The summed E-state index contributed by atoms with van der Waals surface area (Å²) in [6.45, 7) is 8.72. The van der Waals surface area contributed by atoms with E-state index in [-0.39, 0.29) is 17.5 Å². The van der Waals surface area contributed by atoms with Crippen LogP contribution in [0, 0.1) is 0 Å². The summed E-state index contributed by atoms with van der Waals surface area (Å²) in [6, 6.07) is 9.99. The van der Waals surface area contributed by atoms with Gasteiger partial charge in [-0.05, 0) is 32.3 Å². The molecule has 0 aliphatic heterocycles. The molecule has 0 bridgehead atoms. The number of esters is 1. The molecule has 0 heterocycles. The Hall–Kier alpha value is -1.35. The van der Waals surface area contributed by atoms with Crippen LogP contribution in [0.25, 0.3) is 0 Å². The molecule has 1 unspecified atom stereocenters. The van der Waals surface area contributed by atoms with E-state index in [1.807, 2.05) is 58.0 Å². The van der Waals surface area contributed by atoms with Crippen LogP contribution in [-0.4, -0.2) is 24.8 Å². The van der Waals surface area contributed by atoms with E-state index in [2.05, 4.69) is 0 Å². The summed E-state index contributed by atoms with van der Waals surface area (Å²) in [5.41, 5.74) is 0.967. The van der Waals surface area contributed by atoms with Crippen molar-refractivity contribution in [2.45, 2.75) is 45.6 Å². The molecule has 106 valence electrons. The van der Waals surface area contributed by atoms with Gasteiger partial charge in [-0.2, -0.15) is 0 Å². The van der Waals surface area contributed by atoms with Crippen LogP contribution in [0.1, 0.15) is 45.6 Å². The zero-order valence-electron chi connectivity index (χ0n) is 12.3. The molecule has 0 saturated heterocycles. The molecule has 1 aromatic carbocycles. The molecule has 19 heavy (non-hydrogen) atoms. The van der Waals surface area contributed by atoms with Crippen molar-refractivity contribution in [3.05, 3.63) is 35.9 Å². The smallest absolute Gasteiger partial charge is 0.306 e. The van der Waals surface area contributed by atoms with Crippen LogP contribution in [-0.2, 0) is 14.3 Å². The fourth-order valence-electron chi connectivity index (χ4n) is 1.71. The zero-order chi connectivity index (χ0) is 14.3. The van der Waals surface area contributed by atoms with E-state index in [9.17, 15) is 4.79 Å². The Kier molecular flexibility index (Phi) is 6.03. The number of benzene rings is 1. The molecule has 0 radical (unpaired) electrons. The molecule has 0 amide bonds. The predicted octanol–water partition coefficient (Wildman–Crippen LogP) is 3.54. The molecule has 1 aromatic rings. The highest BCUT2D eigenvalue weighted by Gasteiger charge is 2.13. The standard InChI is InChI=1S/C16H24O3/c1-13(14-8-6-5-7-9-14)12-15(17)18-10-11-19-16(2,3)4/h5-9,13H,10-12H2,1-4H3. The van der Waals surface area contributed by atoms with Crippen LogP contribution in [0.15, 0.2) is 30.3 Å². The van der Waals surface area contributed by atoms with Gasteiger partial charge in [-0.25, -0.2) is 0 Å². The van der Waals surface area contributed by atoms with Crippen LogP contribution in [0.5, 0.6) is 0 Å². The molecular formula is C16H24O3. The van der Waals surface area contributed by atoms with Gasteiger partial charge in [0.1, 0.15) is 6.61 Å². The Labute approximate surface area is 115 Å². The Balaban J connectivity index is 2.24. The van der Waals surface area contributed by atoms with Gasteiger partial charge in [0.05, 0.1) is 18.6 Å². The molecule has 0 N–H and O–H groups in total. The molecule has 0 aliphatic carbocycles. The molecule has 0 fully saturated rings. The Morgan fingerprint density at radius 2 is 1.79 bits per heavy atom. The van der Waals surface area contributed by atoms with Gasteiger partial charge >= 0.3 is 5.97 Å². The van der Waals surface area contributed by atoms with E-state index in [4.69, 9.17) is 9.47 Å². The summed E-state index contributed by atoms with van der Waals surface area (Å²) in [5, 5.41) is 0. The van der Waals surface area contributed by atoms with Gasteiger partial charge in [-0.1, -0.05) is 37.3 Å². The number of ether oxygens (including phenoxy) is 2. The summed E-state index contributed by atoms with van der Waals surface area (Å²) >= 11 is 0. The van der Waals surface area contributed by atoms with E-state index in [0.29, 0.717) is 19.6 Å². The average Bonchev–Trinajstić information content (AvgIpc) is 2.34. The topological polar surface area (TPSA) is 35.5 Å². The second kappa shape index (κ2) is 7.29. The Morgan fingerprint density at radius 1 is 1.16 bits per heavy atom. The van der Waals surface area contributed by atoms with Gasteiger partial charge < -0.3 is 9.47 Å². The number of hydrogen-bond donors (Lipinski definition) is 0. The number of rotatable bonds is 6. The Morgan fingerprint density at radius 3 is 2.37 bits per heavy atom. The second-order valence-corrected chi connectivity index (χ2v) is 5.70. The number of carbonyl (C=O) groups excluding carboxylic acids is 1. The molecule has 0 aromatic heterocycles. The lowest BCUT2D eigenvalue weighted by Gasteiger charge is -2.19. The maximum Gasteiger partial charge on any atom is 0.306 e. The highest BCUT2D eigenvalue weighted by molar-refractivity contribution is 5.70. The number of hydrogen-bond acceptors (Lipinski definition) is 3. The molecule has 3 heteroatoms. The van der Waals surface area contributed by atoms with Gasteiger partial charge in [0.15, 0.2) is 0 Å². The molecule has 0 spiro atoms. The maximum absolute atomic E-state index is 11.7. The van der Waals surface area contributed by atoms with Crippen molar-refractivity contribution in [3.63, 3.8) is 0 Å². The van der Waals surface area contributed by atoms with Crippen molar-refractivity contribution >= 4 is 5.97 Å². The van der Waals surface area contributed by atoms with E-state index < -0.39 is 0 Å². The molecule has 1 atom stereocenters. The van der Waals surface area contributed by atoms with Gasteiger partial charge in [-0.15, -0.1) is 0 Å². The normalized spacial score (nSPS) is 13.1. The maximum atomic E-state index is 11.7. The van der Waals surface area contributed by atoms with E-state index in [0.717, 1.165) is 5.56 Å². The molecule has 1 rings (SSSR count). The Bertz CT molecular complexity index is 379. The van der Waals surface area contributed by atoms with Crippen LogP contribution in [0.2, 0.25) is 0 Å². The fraction of sp³-hybridized carbons (Fsp3) is 0.562. The third kappa shape index (κ3) is 6.97. The van der Waals surface area contributed by atoms with Crippen molar-refractivity contribution in [2.24, 2.45) is 0 Å². The lowest BCUT2D eigenvalue weighted by molar-refractivity contribution is -0.147. The summed E-state index contributed by atoms with van der Waals surface area (Å²) < 4.78 is 10.7. The van der Waals surface area contributed by atoms with Gasteiger partial charge in [-0.3, -0.25) is 4.79 Å². The van der Waals surface area contributed by atoms with Crippen molar-refractivity contribution in [1.29, 1.82) is 0 Å².